The molecule has 1 heteroatoms. The van der Waals surface area contributed by atoms with E-state index in [9.17, 15) is 5.26 Å². The van der Waals surface area contributed by atoms with E-state index in [2.05, 4.69) is 62.4 Å². The summed E-state index contributed by atoms with van der Waals surface area (Å²) < 4.78 is 0. The van der Waals surface area contributed by atoms with Crippen molar-refractivity contribution in [3.63, 3.8) is 0 Å². The van der Waals surface area contributed by atoms with Crippen LogP contribution in [0.15, 0.2) is 42.5 Å². The average molecular weight is 261 g/mol. The monoisotopic (exact) mass is 261 g/mol. The first-order chi connectivity index (χ1) is 9.63. The lowest BCUT2D eigenvalue weighted by Crippen LogP contribution is -2.24. The maximum Gasteiger partial charge on any atom is 0.0868 e. The number of benzene rings is 2. The summed E-state index contributed by atoms with van der Waals surface area (Å²) in [5, 5.41) is 9.81. The Balaban J connectivity index is 2.02. The second kappa shape index (κ2) is 4.80. The van der Waals surface area contributed by atoms with Crippen LogP contribution in [-0.2, 0) is 18.3 Å². The van der Waals surface area contributed by atoms with Gasteiger partial charge >= 0.3 is 0 Å². The van der Waals surface area contributed by atoms with Crippen molar-refractivity contribution in [1.29, 1.82) is 5.26 Å². The number of aryl methyl sites for hydroxylation is 3. The highest BCUT2D eigenvalue weighted by atomic mass is 14.4. The minimum Gasteiger partial charge on any atom is -0.197 e. The normalized spacial score (nSPS) is 20.4. The van der Waals surface area contributed by atoms with E-state index in [-0.39, 0.29) is 5.41 Å². The van der Waals surface area contributed by atoms with Gasteiger partial charge in [-0.25, -0.2) is 0 Å². The van der Waals surface area contributed by atoms with Crippen molar-refractivity contribution in [3.05, 3.63) is 70.3 Å². The Bertz CT molecular complexity index is 673. The van der Waals surface area contributed by atoms with Crippen molar-refractivity contribution < 1.29 is 0 Å². The summed E-state index contributed by atoms with van der Waals surface area (Å²) in [6.45, 7) is 4.25. The van der Waals surface area contributed by atoms with Gasteiger partial charge in [0.05, 0.1) is 11.5 Å². The summed E-state index contributed by atoms with van der Waals surface area (Å²) in [6, 6.07) is 17.7. The highest BCUT2D eigenvalue weighted by Gasteiger charge is 2.38. The molecule has 0 N–H and O–H groups in total. The van der Waals surface area contributed by atoms with Crippen molar-refractivity contribution in [3.8, 4) is 6.07 Å². The predicted molar refractivity (Wildman–Crippen MR) is 81.7 cm³/mol. The van der Waals surface area contributed by atoms with Gasteiger partial charge in [-0.3, -0.25) is 0 Å². The Morgan fingerprint density at radius 1 is 1.10 bits per heavy atom. The van der Waals surface area contributed by atoms with Crippen molar-refractivity contribution in [1.82, 2.24) is 0 Å². The van der Waals surface area contributed by atoms with Crippen LogP contribution >= 0.6 is 0 Å². The fourth-order valence-corrected chi connectivity index (χ4v) is 3.55. The molecule has 1 aliphatic carbocycles. The number of fused-ring (bicyclic) bond motifs is 1. The zero-order chi connectivity index (χ0) is 14.2. The number of nitrogens with zero attached hydrogens (tertiary/aromatic N) is 1. The van der Waals surface area contributed by atoms with Crippen LogP contribution in [0.2, 0.25) is 0 Å². The van der Waals surface area contributed by atoms with E-state index in [4.69, 9.17) is 0 Å². The molecule has 1 nitrogen and oxygen atoms in total. The van der Waals surface area contributed by atoms with E-state index in [0.29, 0.717) is 0 Å². The van der Waals surface area contributed by atoms with E-state index in [1.54, 1.807) is 0 Å². The van der Waals surface area contributed by atoms with Crippen LogP contribution in [0.4, 0.5) is 0 Å². The van der Waals surface area contributed by atoms with E-state index < -0.39 is 0 Å². The molecule has 1 unspecified atom stereocenters. The maximum atomic E-state index is 9.81. The van der Waals surface area contributed by atoms with Gasteiger partial charge in [-0.2, -0.15) is 5.26 Å². The SMILES string of the molecule is Cc1cc(C)cc(CC2(C#N)CCc3ccccc32)c1. The van der Waals surface area contributed by atoms with Gasteiger partial charge in [-0.1, -0.05) is 53.6 Å². The lowest BCUT2D eigenvalue weighted by Gasteiger charge is -2.23. The Labute approximate surface area is 120 Å². The van der Waals surface area contributed by atoms with E-state index >= 15 is 0 Å². The molecular formula is C19H19N. The first-order valence-corrected chi connectivity index (χ1v) is 7.20. The third kappa shape index (κ3) is 2.12. The molecule has 100 valence electrons. The maximum absolute atomic E-state index is 9.81. The molecule has 0 heterocycles. The zero-order valence-electron chi connectivity index (χ0n) is 12.1. The van der Waals surface area contributed by atoms with Crippen LogP contribution in [0, 0.1) is 25.2 Å². The molecule has 0 aliphatic heterocycles. The number of nitriles is 1. The Kier molecular flexibility index (Phi) is 3.10. The van der Waals surface area contributed by atoms with Gasteiger partial charge in [0.25, 0.3) is 0 Å². The van der Waals surface area contributed by atoms with Crippen molar-refractivity contribution in [2.45, 2.75) is 38.5 Å². The van der Waals surface area contributed by atoms with E-state index in [1.165, 1.54) is 27.8 Å². The highest BCUT2D eigenvalue weighted by molar-refractivity contribution is 5.46. The molecule has 3 rings (SSSR count). The molecule has 0 spiro atoms. The van der Waals surface area contributed by atoms with Gasteiger partial charge in [0.2, 0.25) is 0 Å². The predicted octanol–water partition coefficient (Wildman–Crippen LogP) is 4.25. The van der Waals surface area contributed by atoms with Crippen LogP contribution in [0.1, 0.15) is 34.2 Å². The Morgan fingerprint density at radius 2 is 1.80 bits per heavy atom. The Hall–Kier alpha value is -2.07. The van der Waals surface area contributed by atoms with Crippen LogP contribution in [0.5, 0.6) is 0 Å². The highest BCUT2D eigenvalue weighted by Crippen LogP contribution is 2.41. The van der Waals surface area contributed by atoms with E-state index in [0.717, 1.165) is 19.3 Å². The smallest absolute Gasteiger partial charge is 0.0868 e. The summed E-state index contributed by atoms with van der Waals surface area (Å²) in [6.07, 6.45) is 2.79. The van der Waals surface area contributed by atoms with Gasteiger partial charge in [-0.15, -0.1) is 0 Å². The molecule has 0 bridgehead atoms. The molecule has 2 aromatic carbocycles. The second-order valence-electron chi connectivity index (χ2n) is 6.02. The van der Waals surface area contributed by atoms with Crippen LogP contribution in [0.3, 0.4) is 0 Å². The van der Waals surface area contributed by atoms with Crippen LogP contribution < -0.4 is 0 Å². The van der Waals surface area contributed by atoms with E-state index in [1.807, 2.05) is 0 Å². The summed E-state index contributed by atoms with van der Waals surface area (Å²) in [5.74, 6) is 0. The molecule has 1 aliphatic rings. The average Bonchev–Trinajstić information content (AvgIpc) is 2.78. The molecular weight excluding hydrogens is 242 g/mol. The molecule has 0 saturated carbocycles. The quantitative estimate of drug-likeness (QED) is 0.792. The number of rotatable bonds is 2. The molecule has 20 heavy (non-hydrogen) atoms. The lowest BCUT2D eigenvalue weighted by atomic mass is 9.77. The van der Waals surface area contributed by atoms with Crippen molar-refractivity contribution in [2.24, 2.45) is 0 Å². The Morgan fingerprint density at radius 3 is 2.50 bits per heavy atom. The minimum absolute atomic E-state index is 0.336. The summed E-state index contributed by atoms with van der Waals surface area (Å²) in [5.41, 5.74) is 6.08. The van der Waals surface area contributed by atoms with Crippen LogP contribution in [-0.4, -0.2) is 0 Å². The standard InChI is InChI=1S/C19H19N/c1-14-9-15(2)11-16(10-14)12-19(13-20)8-7-17-5-3-4-6-18(17)19/h3-6,9-11H,7-8,12H2,1-2H3. The van der Waals surface area contributed by atoms with Gasteiger partial charge in [-0.05, 0) is 49.8 Å². The summed E-state index contributed by atoms with van der Waals surface area (Å²) in [7, 11) is 0. The van der Waals surface area contributed by atoms with Gasteiger partial charge in [0, 0.05) is 0 Å². The number of hydrogen-bond donors (Lipinski definition) is 0. The third-order valence-corrected chi connectivity index (χ3v) is 4.36. The molecule has 2 aromatic rings. The van der Waals surface area contributed by atoms with Crippen molar-refractivity contribution >= 4 is 0 Å². The molecule has 1 atom stereocenters. The minimum atomic E-state index is -0.336. The molecule has 0 amide bonds. The fraction of sp³-hybridized carbons (Fsp3) is 0.316. The van der Waals surface area contributed by atoms with Gasteiger partial charge in [0.15, 0.2) is 0 Å². The van der Waals surface area contributed by atoms with Gasteiger partial charge in [0.1, 0.15) is 0 Å². The summed E-state index contributed by atoms with van der Waals surface area (Å²) >= 11 is 0. The number of hydrogen-bond acceptors (Lipinski definition) is 1. The van der Waals surface area contributed by atoms with Crippen molar-refractivity contribution in [2.75, 3.05) is 0 Å². The van der Waals surface area contributed by atoms with Gasteiger partial charge < -0.3 is 0 Å². The first-order valence-electron chi connectivity index (χ1n) is 7.20. The lowest BCUT2D eigenvalue weighted by molar-refractivity contribution is 0.541. The fourth-order valence-electron chi connectivity index (χ4n) is 3.55. The summed E-state index contributed by atoms with van der Waals surface area (Å²) in [4.78, 5) is 0. The zero-order valence-corrected chi connectivity index (χ0v) is 12.1. The third-order valence-electron chi connectivity index (χ3n) is 4.36. The molecule has 0 fully saturated rings. The molecule has 0 aromatic heterocycles. The second-order valence-corrected chi connectivity index (χ2v) is 6.02. The molecule has 0 saturated heterocycles. The largest absolute Gasteiger partial charge is 0.197 e. The molecule has 0 radical (unpaired) electrons. The first kappa shape index (κ1) is 12.9. The topological polar surface area (TPSA) is 23.8 Å². The van der Waals surface area contributed by atoms with Crippen LogP contribution in [0.25, 0.3) is 0 Å².